The first-order chi connectivity index (χ1) is 9.51. The van der Waals surface area contributed by atoms with Gasteiger partial charge in [-0.05, 0) is 36.8 Å². The maximum absolute atomic E-state index is 13.1. The molecule has 2 aromatic rings. The normalized spacial score (nSPS) is 10.2. The minimum absolute atomic E-state index is 0.0900. The van der Waals surface area contributed by atoms with E-state index in [0.29, 0.717) is 11.4 Å². The highest BCUT2D eigenvalue weighted by Gasteiger charge is 2.14. The summed E-state index contributed by atoms with van der Waals surface area (Å²) in [7, 11) is 1.56. The fourth-order valence-corrected chi connectivity index (χ4v) is 1.73. The molecule has 0 unspecified atom stereocenters. The Kier molecular flexibility index (Phi) is 3.84. The highest BCUT2D eigenvalue weighted by molar-refractivity contribution is 5.94. The van der Waals surface area contributed by atoms with Crippen LogP contribution in [0.1, 0.15) is 15.9 Å². The average Bonchev–Trinajstić information content (AvgIpc) is 2.42. The third kappa shape index (κ3) is 2.85. The molecule has 0 saturated carbocycles. The second-order valence-corrected chi connectivity index (χ2v) is 4.16. The molecule has 0 aliphatic carbocycles. The monoisotopic (exact) mass is 276 g/mol. The lowest BCUT2D eigenvalue weighted by atomic mass is 10.1. The topological polar surface area (TPSA) is 71.5 Å². The molecule has 1 aromatic carbocycles. The Morgan fingerprint density at radius 3 is 2.75 bits per heavy atom. The van der Waals surface area contributed by atoms with Gasteiger partial charge in [-0.1, -0.05) is 0 Å². The van der Waals surface area contributed by atoms with E-state index in [2.05, 4.69) is 10.3 Å². The lowest BCUT2D eigenvalue weighted by molar-refractivity contribution is 0.0697. The van der Waals surface area contributed by atoms with Gasteiger partial charge < -0.3 is 15.2 Å². The van der Waals surface area contributed by atoms with Crippen molar-refractivity contribution in [3.05, 3.63) is 47.4 Å². The van der Waals surface area contributed by atoms with Crippen LogP contribution in [0.3, 0.4) is 0 Å². The summed E-state index contributed by atoms with van der Waals surface area (Å²) in [5.74, 6) is -1.16. The fourth-order valence-electron chi connectivity index (χ4n) is 1.73. The number of hydrogen-bond donors (Lipinski definition) is 2. The molecular formula is C14H13FN2O3. The van der Waals surface area contributed by atoms with Crippen molar-refractivity contribution in [1.29, 1.82) is 0 Å². The molecule has 0 fully saturated rings. The van der Waals surface area contributed by atoms with Gasteiger partial charge in [0.15, 0.2) is 0 Å². The van der Waals surface area contributed by atoms with Gasteiger partial charge in [0.25, 0.3) is 0 Å². The van der Waals surface area contributed by atoms with Crippen molar-refractivity contribution in [2.24, 2.45) is 0 Å². The van der Waals surface area contributed by atoms with Crippen LogP contribution < -0.4 is 10.1 Å². The summed E-state index contributed by atoms with van der Waals surface area (Å²) in [5, 5.41) is 11.9. The van der Waals surface area contributed by atoms with E-state index in [1.54, 1.807) is 25.3 Å². The van der Waals surface area contributed by atoms with Crippen LogP contribution in [0.15, 0.2) is 30.5 Å². The van der Waals surface area contributed by atoms with E-state index in [1.165, 1.54) is 0 Å². The summed E-state index contributed by atoms with van der Waals surface area (Å²) >= 11 is 0. The summed E-state index contributed by atoms with van der Waals surface area (Å²) in [4.78, 5) is 14.9. The number of carboxylic acid groups (broad SMARTS) is 1. The molecule has 2 rings (SSSR count). The molecule has 20 heavy (non-hydrogen) atoms. The molecule has 1 heterocycles. The lowest BCUT2D eigenvalue weighted by Crippen LogP contribution is -2.06. The van der Waals surface area contributed by atoms with E-state index < -0.39 is 11.8 Å². The SMILES string of the molecule is COc1ccc(Nc2ncc(F)cc2C(=O)O)c(C)c1. The van der Waals surface area contributed by atoms with Crippen LogP contribution in [0.25, 0.3) is 0 Å². The van der Waals surface area contributed by atoms with E-state index in [4.69, 9.17) is 9.84 Å². The molecular weight excluding hydrogens is 263 g/mol. The summed E-state index contributed by atoms with van der Waals surface area (Å²) in [6.07, 6.45) is 0.966. The van der Waals surface area contributed by atoms with Crippen molar-refractivity contribution in [3.8, 4) is 5.75 Å². The summed E-state index contributed by atoms with van der Waals surface area (Å²) in [6.45, 7) is 1.84. The number of hydrogen-bond acceptors (Lipinski definition) is 4. The van der Waals surface area contributed by atoms with Crippen molar-refractivity contribution in [2.75, 3.05) is 12.4 Å². The molecule has 5 nitrogen and oxygen atoms in total. The predicted octanol–water partition coefficient (Wildman–Crippen LogP) is 2.98. The average molecular weight is 276 g/mol. The number of anilines is 2. The maximum Gasteiger partial charge on any atom is 0.339 e. The quantitative estimate of drug-likeness (QED) is 0.898. The second-order valence-electron chi connectivity index (χ2n) is 4.16. The molecule has 0 atom stereocenters. The number of ether oxygens (including phenoxy) is 1. The molecule has 6 heteroatoms. The number of pyridine rings is 1. The molecule has 2 N–H and O–H groups in total. The fraction of sp³-hybridized carbons (Fsp3) is 0.143. The van der Waals surface area contributed by atoms with Gasteiger partial charge in [0, 0.05) is 5.69 Å². The molecule has 104 valence electrons. The minimum atomic E-state index is -1.24. The minimum Gasteiger partial charge on any atom is -0.497 e. The summed E-state index contributed by atoms with van der Waals surface area (Å²) in [5.41, 5.74) is 1.31. The van der Waals surface area contributed by atoms with Crippen LogP contribution in [-0.2, 0) is 0 Å². The first-order valence-electron chi connectivity index (χ1n) is 5.81. The summed E-state index contributed by atoms with van der Waals surface area (Å²) in [6, 6.07) is 6.20. The Morgan fingerprint density at radius 2 is 2.15 bits per heavy atom. The first kappa shape index (κ1) is 13.8. The van der Waals surface area contributed by atoms with Crippen molar-refractivity contribution in [2.45, 2.75) is 6.92 Å². The Labute approximate surface area is 115 Å². The number of aryl methyl sites for hydroxylation is 1. The van der Waals surface area contributed by atoms with Gasteiger partial charge in [-0.2, -0.15) is 0 Å². The van der Waals surface area contributed by atoms with Crippen LogP contribution in [0, 0.1) is 12.7 Å². The van der Waals surface area contributed by atoms with E-state index in [0.717, 1.165) is 17.8 Å². The first-order valence-corrected chi connectivity index (χ1v) is 5.81. The largest absolute Gasteiger partial charge is 0.497 e. The Morgan fingerprint density at radius 1 is 1.40 bits per heavy atom. The van der Waals surface area contributed by atoms with Crippen LogP contribution in [0.5, 0.6) is 5.75 Å². The van der Waals surface area contributed by atoms with Crippen LogP contribution >= 0.6 is 0 Å². The standard InChI is InChI=1S/C14H13FN2O3/c1-8-5-10(20-2)3-4-12(8)17-13-11(14(18)19)6-9(15)7-16-13/h3-7H,1-2H3,(H,16,17)(H,18,19). The zero-order valence-corrected chi connectivity index (χ0v) is 11.0. The van der Waals surface area contributed by atoms with Gasteiger partial charge in [0.2, 0.25) is 0 Å². The Hall–Kier alpha value is -2.63. The van der Waals surface area contributed by atoms with Gasteiger partial charge in [-0.15, -0.1) is 0 Å². The molecule has 0 aliphatic heterocycles. The molecule has 0 spiro atoms. The number of carboxylic acids is 1. The number of carbonyl (C=O) groups is 1. The van der Waals surface area contributed by atoms with Gasteiger partial charge in [-0.25, -0.2) is 14.2 Å². The van der Waals surface area contributed by atoms with Crippen LogP contribution in [0.2, 0.25) is 0 Å². The molecule has 0 aliphatic rings. The van der Waals surface area contributed by atoms with Gasteiger partial charge >= 0.3 is 5.97 Å². The number of aromatic carboxylic acids is 1. The van der Waals surface area contributed by atoms with Gasteiger partial charge in [-0.3, -0.25) is 0 Å². The zero-order valence-electron chi connectivity index (χ0n) is 11.0. The highest BCUT2D eigenvalue weighted by atomic mass is 19.1. The Balaban J connectivity index is 2.37. The number of aromatic nitrogens is 1. The third-order valence-corrected chi connectivity index (χ3v) is 2.77. The van der Waals surface area contributed by atoms with Crippen molar-refractivity contribution in [3.63, 3.8) is 0 Å². The molecule has 0 amide bonds. The number of halogens is 1. The van der Waals surface area contributed by atoms with Crippen LogP contribution in [-0.4, -0.2) is 23.2 Å². The molecule has 0 bridgehead atoms. The number of nitrogens with one attached hydrogen (secondary N) is 1. The number of benzene rings is 1. The third-order valence-electron chi connectivity index (χ3n) is 2.77. The van der Waals surface area contributed by atoms with Crippen molar-refractivity contribution >= 4 is 17.5 Å². The van der Waals surface area contributed by atoms with Crippen molar-refractivity contribution in [1.82, 2.24) is 4.98 Å². The molecule has 0 saturated heterocycles. The lowest BCUT2D eigenvalue weighted by Gasteiger charge is -2.12. The Bertz CT molecular complexity index is 659. The van der Waals surface area contributed by atoms with Crippen LogP contribution in [0.4, 0.5) is 15.9 Å². The van der Waals surface area contributed by atoms with Gasteiger partial charge in [0.1, 0.15) is 22.9 Å². The van der Waals surface area contributed by atoms with Crippen molar-refractivity contribution < 1.29 is 19.0 Å². The molecule has 1 aromatic heterocycles. The highest BCUT2D eigenvalue weighted by Crippen LogP contribution is 2.25. The van der Waals surface area contributed by atoms with E-state index in [-0.39, 0.29) is 11.4 Å². The predicted molar refractivity (Wildman–Crippen MR) is 72.2 cm³/mol. The van der Waals surface area contributed by atoms with E-state index >= 15 is 0 Å². The number of rotatable bonds is 4. The summed E-state index contributed by atoms with van der Waals surface area (Å²) < 4.78 is 18.1. The number of methoxy groups -OCH3 is 1. The maximum atomic E-state index is 13.1. The van der Waals surface area contributed by atoms with E-state index in [1.807, 2.05) is 6.92 Å². The van der Waals surface area contributed by atoms with E-state index in [9.17, 15) is 9.18 Å². The molecule has 0 radical (unpaired) electrons. The smallest absolute Gasteiger partial charge is 0.339 e. The van der Waals surface area contributed by atoms with Gasteiger partial charge in [0.05, 0.1) is 13.3 Å². The number of nitrogens with zero attached hydrogens (tertiary/aromatic N) is 1. The zero-order chi connectivity index (χ0) is 14.7. The second kappa shape index (κ2) is 5.56.